The minimum Gasteiger partial charge on any atom is -0.512 e. The molecule has 0 amide bonds. The number of carbonyl (C=O) groups excluding carboxylic acids is 1. The molecule has 0 fully saturated rings. The minimum atomic E-state index is -0.479. The molecule has 0 radical (unpaired) electrons. The third-order valence-electron chi connectivity index (χ3n) is 2.00. The highest BCUT2D eigenvalue weighted by Crippen LogP contribution is 2.16. The van der Waals surface area contributed by atoms with E-state index in [0.29, 0.717) is 12.3 Å². The Hall–Kier alpha value is -1.32. The van der Waals surface area contributed by atoms with E-state index in [1.54, 1.807) is 6.92 Å². The summed E-state index contributed by atoms with van der Waals surface area (Å²) in [6.07, 6.45) is 1.68. The third kappa shape index (κ3) is 2.34. The quantitative estimate of drug-likeness (QED) is 0.425. The van der Waals surface area contributed by atoms with Gasteiger partial charge in [0, 0.05) is 6.54 Å². The number of aliphatic imine (C=N–C) groups is 1. The normalized spacial score (nSPS) is 17.4. The van der Waals surface area contributed by atoms with Gasteiger partial charge in [-0.25, -0.2) is 4.79 Å². The van der Waals surface area contributed by atoms with Gasteiger partial charge in [-0.15, -0.1) is 0 Å². The van der Waals surface area contributed by atoms with Crippen molar-refractivity contribution in [3.8, 4) is 0 Å². The lowest BCUT2D eigenvalue weighted by molar-refractivity contribution is -0.138. The lowest BCUT2D eigenvalue weighted by atomic mass is 10.1. The number of aliphatic hydroxyl groups is 1. The molecule has 0 spiro atoms. The lowest BCUT2D eigenvalue weighted by Crippen LogP contribution is -2.16. The molecule has 0 aromatic carbocycles. The highest BCUT2D eigenvalue weighted by Gasteiger charge is 2.22. The Labute approximate surface area is 83.3 Å². The fourth-order valence-corrected chi connectivity index (χ4v) is 1.42. The van der Waals surface area contributed by atoms with Crippen molar-refractivity contribution >= 4 is 11.7 Å². The second-order valence-corrected chi connectivity index (χ2v) is 3.11. The molecule has 1 rings (SSSR count). The van der Waals surface area contributed by atoms with Crippen LogP contribution < -0.4 is 0 Å². The number of nitrogens with zero attached hydrogens (tertiary/aromatic N) is 1. The average Bonchev–Trinajstić information content (AvgIpc) is 2.57. The molecule has 0 aliphatic carbocycles. The molecule has 1 N–H and O–H groups in total. The van der Waals surface area contributed by atoms with Gasteiger partial charge >= 0.3 is 5.97 Å². The number of hydrogen-bond donors (Lipinski definition) is 1. The zero-order valence-corrected chi connectivity index (χ0v) is 8.54. The Morgan fingerprint density at radius 3 is 2.79 bits per heavy atom. The van der Waals surface area contributed by atoms with Crippen LogP contribution in [0, 0.1) is 0 Å². The van der Waals surface area contributed by atoms with E-state index in [-0.39, 0.29) is 11.3 Å². The Kier molecular flexibility index (Phi) is 3.68. The topological polar surface area (TPSA) is 58.9 Å². The molecule has 14 heavy (non-hydrogen) atoms. The summed E-state index contributed by atoms with van der Waals surface area (Å²) in [7, 11) is 0. The van der Waals surface area contributed by atoms with Crippen LogP contribution in [-0.2, 0) is 9.53 Å². The number of carbonyl (C=O) groups is 1. The van der Waals surface area contributed by atoms with Gasteiger partial charge in [-0.05, 0) is 26.7 Å². The number of allylic oxidation sites excluding steroid dienone is 1. The van der Waals surface area contributed by atoms with E-state index in [0.717, 1.165) is 19.4 Å². The summed E-state index contributed by atoms with van der Waals surface area (Å²) in [5.74, 6) is -0.489. The molecule has 1 heterocycles. The van der Waals surface area contributed by atoms with E-state index in [9.17, 15) is 9.90 Å². The lowest BCUT2D eigenvalue weighted by Gasteiger charge is -2.07. The Morgan fingerprint density at radius 2 is 2.36 bits per heavy atom. The van der Waals surface area contributed by atoms with Crippen LogP contribution in [0.5, 0.6) is 0 Å². The summed E-state index contributed by atoms with van der Waals surface area (Å²) in [6.45, 7) is 4.25. The van der Waals surface area contributed by atoms with Gasteiger partial charge in [0.2, 0.25) is 0 Å². The molecule has 0 unspecified atom stereocenters. The van der Waals surface area contributed by atoms with E-state index < -0.39 is 5.97 Å². The van der Waals surface area contributed by atoms with Crippen LogP contribution in [0.2, 0.25) is 0 Å². The maximum atomic E-state index is 11.5. The largest absolute Gasteiger partial charge is 0.512 e. The second kappa shape index (κ2) is 4.79. The van der Waals surface area contributed by atoms with Gasteiger partial charge < -0.3 is 9.84 Å². The molecule has 0 aromatic heterocycles. The van der Waals surface area contributed by atoms with E-state index in [4.69, 9.17) is 4.74 Å². The molecule has 4 nitrogen and oxygen atoms in total. The van der Waals surface area contributed by atoms with Gasteiger partial charge in [0.1, 0.15) is 11.3 Å². The van der Waals surface area contributed by atoms with Crippen LogP contribution in [0.1, 0.15) is 26.7 Å². The maximum Gasteiger partial charge on any atom is 0.343 e. The van der Waals surface area contributed by atoms with E-state index in [2.05, 4.69) is 4.99 Å². The molecule has 1 aliphatic rings. The monoisotopic (exact) mass is 197 g/mol. The molecule has 0 aromatic rings. The zero-order valence-electron chi connectivity index (χ0n) is 8.54. The number of aliphatic hydroxyl groups excluding tert-OH is 1. The highest BCUT2D eigenvalue weighted by atomic mass is 16.5. The van der Waals surface area contributed by atoms with Crippen LogP contribution in [0.25, 0.3) is 0 Å². The summed E-state index contributed by atoms with van der Waals surface area (Å²) in [5, 5.41) is 9.37. The van der Waals surface area contributed by atoms with Crippen molar-refractivity contribution in [2.75, 3.05) is 13.2 Å². The van der Waals surface area contributed by atoms with Crippen molar-refractivity contribution in [1.29, 1.82) is 0 Å². The number of rotatable bonds is 3. The van der Waals surface area contributed by atoms with E-state index >= 15 is 0 Å². The molecular formula is C10H15NO3. The smallest absolute Gasteiger partial charge is 0.343 e. The van der Waals surface area contributed by atoms with Crippen LogP contribution >= 0.6 is 0 Å². The summed E-state index contributed by atoms with van der Waals surface area (Å²) >= 11 is 0. The van der Waals surface area contributed by atoms with Crippen LogP contribution in [0.3, 0.4) is 0 Å². The molecule has 4 heteroatoms. The first-order valence-corrected chi connectivity index (χ1v) is 4.77. The van der Waals surface area contributed by atoms with Gasteiger partial charge in [-0.3, -0.25) is 4.99 Å². The Balaban J connectivity index is 2.86. The van der Waals surface area contributed by atoms with Gasteiger partial charge in [0.05, 0.1) is 12.3 Å². The Bertz CT molecular complexity index is 288. The standard InChI is InChI=1S/C10H15NO3/c1-3-14-10(13)9(7(2)12)8-5-4-6-11-8/h12H,3-6H2,1-2H3/b9-7+. The first-order chi connectivity index (χ1) is 6.66. The van der Waals surface area contributed by atoms with Crippen molar-refractivity contribution < 1.29 is 14.6 Å². The summed E-state index contributed by atoms with van der Waals surface area (Å²) in [5.41, 5.74) is 0.910. The number of ether oxygens (including phenoxy) is 1. The van der Waals surface area contributed by atoms with Gasteiger partial charge in [0.25, 0.3) is 0 Å². The molecule has 0 saturated heterocycles. The van der Waals surface area contributed by atoms with Crippen molar-refractivity contribution in [2.24, 2.45) is 4.99 Å². The highest BCUT2D eigenvalue weighted by molar-refractivity contribution is 6.20. The second-order valence-electron chi connectivity index (χ2n) is 3.11. The summed E-state index contributed by atoms with van der Waals surface area (Å²) < 4.78 is 4.84. The zero-order chi connectivity index (χ0) is 10.6. The molecule has 0 bridgehead atoms. The van der Waals surface area contributed by atoms with Gasteiger partial charge in [0.15, 0.2) is 0 Å². The molecule has 1 aliphatic heterocycles. The third-order valence-corrected chi connectivity index (χ3v) is 2.00. The number of esters is 1. The minimum absolute atomic E-state index is 0.0101. The van der Waals surface area contributed by atoms with Crippen molar-refractivity contribution in [3.05, 3.63) is 11.3 Å². The number of hydrogen-bond acceptors (Lipinski definition) is 4. The molecular weight excluding hydrogens is 182 g/mol. The van der Waals surface area contributed by atoms with Crippen molar-refractivity contribution in [3.63, 3.8) is 0 Å². The maximum absolute atomic E-state index is 11.5. The van der Waals surface area contributed by atoms with Crippen molar-refractivity contribution in [1.82, 2.24) is 0 Å². The first kappa shape index (κ1) is 10.8. The first-order valence-electron chi connectivity index (χ1n) is 4.77. The predicted octanol–water partition coefficient (Wildman–Crippen LogP) is 1.62. The predicted molar refractivity (Wildman–Crippen MR) is 53.5 cm³/mol. The summed E-state index contributed by atoms with van der Waals surface area (Å²) in [6, 6.07) is 0. The van der Waals surface area contributed by atoms with Crippen molar-refractivity contribution in [2.45, 2.75) is 26.7 Å². The average molecular weight is 197 g/mol. The van der Waals surface area contributed by atoms with Crippen LogP contribution in [0.4, 0.5) is 0 Å². The van der Waals surface area contributed by atoms with Crippen LogP contribution in [-0.4, -0.2) is 29.9 Å². The summed E-state index contributed by atoms with van der Waals surface area (Å²) in [4.78, 5) is 15.6. The Morgan fingerprint density at radius 1 is 1.64 bits per heavy atom. The SMILES string of the molecule is CCOC(=O)/C(C1=NCCC1)=C(\C)O. The molecule has 78 valence electrons. The van der Waals surface area contributed by atoms with Crippen LogP contribution in [0.15, 0.2) is 16.3 Å². The van der Waals surface area contributed by atoms with E-state index in [1.165, 1.54) is 6.92 Å². The fraction of sp³-hybridized carbons (Fsp3) is 0.600. The van der Waals surface area contributed by atoms with Gasteiger partial charge in [-0.2, -0.15) is 0 Å². The fourth-order valence-electron chi connectivity index (χ4n) is 1.42. The molecule has 0 atom stereocenters. The van der Waals surface area contributed by atoms with Gasteiger partial charge in [-0.1, -0.05) is 0 Å². The molecule has 0 saturated carbocycles. The van der Waals surface area contributed by atoms with E-state index in [1.807, 2.05) is 0 Å².